The lowest BCUT2D eigenvalue weighted by Crippen LogP contribution is -2.58. The largest absolute Gasteiger partial charge is 0.302 e. The molecule has 1 fully saturated rings. The van der Waals surface area contributed by atoms with E-state index in [0.717, 1.165) is 25.7 Å². The Morgan fingerprint density at radius 1 is 1.14 bits per heavy atom. The highest BCUT2D eigenvalue weighted by atomic mass is 32.1. The average molecular weight is 304 g/mol. The molecule has 2 rings (SSSR count). The van der Waals surface area contributed by atoms with E-state index in [1.165, 1.54) is 4.90 Å². The van der Waals surface area contributed by atoms with E-state index in [1.807, 2.05) is 30.3 Å². The Balaban J connectivity index is 2.10. The second kappa shape index (κ2) is 7.31. The Hall–Kier alpha value is -1.75. The van der Waals surface area contributed by atoms with Crippen molar-refractivity contribution in [2.75, 3.05) is 4.90 Å². The van der Waals surface area contributed by atoms with Crippen LogP contribution >= 0.6 is 12.2 Å². The van der Waals surface area contributed by atoms with Crippen LogP contribution in [0.3, 0.4) is 0 Å². The van der Waals surface area contributed by atoms with Crippen LogP contribution in [0.15, 0.2) is 30.3 Å². The smallest absolute Gasteiger partial charge is 0.245 e. The summed E-state index contributed by atoms with van der Waals surface area (Å²) in [5, 5.41) is 2.81. The lowest BCUT2D eigenvalue weighted by molar-refractivity contribution is -0.134. The number of nitrogens with zero attached hydrogens (tertiary/aromatic N) is 1. The van der Waals surface area contributed by atoms with Gasteiger partial charge >= 0.3 is 0 Å². The molecule has 4 nitrogen and oxygen atoms in total. The molecule has 1 aromatic carbocycles. The van der Waals surface area contributed by atoms with E-state index in [4.69, 9.17) is 12.2 Å². The van der Waals surface area contributed by atoms with Crippen LogP contribution in [0.4, 0.5) is 5.69 Å². The standard InChI is InChI=1S/C16H20N2O2S/c1-2-3-4-8-11-13-14(19)17-16(21)18(15(13)20)12-9-6-5-7-10-12/h5-7,9-10,13H,2-4,8,11H2,1H3,(H,17,19,21)/t13-/m1/s1. The van der Waals surface area contributed by atoms with Gasteiger partial charge in [0, 0.05) is 0 Å². The monoisotopic (exact) mass is 304 g/mol. The molecule has 112 valence electrons. The maximum absolute atomic E-state index is 12.6. The summed E-state index contributed by atoms with van der Waals surface area (Å²) in [6.45, 7) is 2.13. The van der Waals surface area contributed by atoms with Gasteiger partial charge in [0.15, 0.2) is 5.11 Å². The zero-order valence-corrected chi connectivity index (χ0v) is 13.0. The third-order valence-electron chi connectivity index (χ3n) is 3.63. The highest BCUT2D eigenvalue weighted by molar-refractivity contribution is 7.80. The number of rotatable bonds is 6. The highest BCUT2D eigenvalue weighted by Crippen LogP contribution is 2.23. The molecule has 0 radical (unpaired) electrons. The molecule has 1 heterocycles. The van der Waals surface area contributed by atoms with E-state index in [1.54, 1.807) is 0 Å². The molecule has 0 spiro atoms. The summed E-state index contributed by atoms with van der Waals surface area (Å²) in [5.41, 5.74) is 0.700. The van der Waals surface area contributed by atoms with Gasteiger partial charge in [0.05, 0.1) is 5.69 Å². The molecule has 2 amide bonds. The first-order chi connectivity index (χ1) is 10.1. The summed E-state index contributed by atoms with van der Waals surface area (Å²) < 4.78 is 0. The maximum Gasteiger partial charge on any atom is 0.245 e. The SMILES string of the molecule is CCCCCC[C@@H]1C(=O)NC(=S)N(c2ccccc2)C1=O. The fourth-order valence-corrected chi connectivity index (χ4v) is 2.76. The first-order valence-electron chi connectivity index (χ1n) is 7.39. The molecule has 1 aliphatic rings. The van der Waals surface area contributed by atoms with Gasteiger partial charge in [-0.05, 0) is 30.8 Å². The molecule has 0 aliphatic carbocycles. The van der Waals surface area contributed by atoms with Crippen molar-refractivity contribution in [1.29, 1.82) is 0 Å². The van der Waals surface area contributed by atoms with Gasteiger partial charge in [-0.1, -0.05) is 50.8 Å². The first-order valence-corrected chi connectivity index (χ1v) is 7.79. The van der Waals surface area contributed by atoms with Crippen LogP contribution in [0.25, 0.3) is 0 Å². The number of carbonyl (C=O) groups excluding carboxylic acids is 2. The highest BCUT2D eigenvalue weighted by Gasteiger charge is 2.38. The van der Waals surface area contributed by atoms with Gasteiger partial charge in [0.2, 0.25) is 11.8 Å². The van der Waals surface area contributed by atoms with E-state index in [0.29, 0.717) is 12.1 Å². The Morgan fingerprint density at radius 3 is 2.52 bits per heavy atom. The minimum atomic E-state index is -0.631. The quantitative estimate of drug-likeness (QED) is 0.499. The molecule has 1 N–H and O–H groups in total. The van der Waals surface area contributed by atoms with Gasteiger partial charge in [-0.2, -0.15) is 0 Å². The van der Waals surface area contributed by atoms with E-state index in [9.17, 15) is 9.59 Å². The predicted octanol–water partition coefficient (Wildman–Crippen LogP) is 3.02. The van der Waals surface area contributed by atoms with Gasteiger partial charge in [-0.15, -0.1) is 0 Å². The van der Waals surface area contributed by atoms with Crippen LogP contribution in [-0.4, -0.2) is 16.9 Å². The van der Waals surface area contributed by atoms with E-state index in [2.05, 4.69) is 12.2 Å². The summed E-state index contributed by atoms with van der Waals surface area (Å²) in [4.78, 5) is 26.0. The molecule has 1 aliphatic heterocycles. The number of thiocarbonyl (C=S) groups is 1. The molecule has 1 saturated heterocycles. The minimum Gasteiger partial charge on any atom is -0.302 e. The molecule has 1 atom stereocenters. The lowest BCUT2D eigenvalue weighted by Gasteiger charge is -2.32. The van der Waals surface area contributed by atoms with Crippen molar-refractivity contribution in [1.82, 2.24) is 5.32 Å². The van der Waals surface area contributed by atoms with Gasteiger partial charge in [0.1, 0.15) is 5.92 Å². The van der Waals surface area contributed by atoms with Gasteiger partial charge < -0.3 is 5.32 Å². The molecule has 5 heteroatoms. The summed E-state index contributed by atoms with van der Waals surface area (Å²) in [6, 6.07) is 9.20. The van der Waals surface area contributed by atoms with Crippen LogP contribution in [0, 0.1) is 5.92 Å². The van der Waals surface area contributed by atoms with Crippen LogP contribution in [0.1, 0.15) is 39.0 Å². The van der Waals surface area contributed by atoms with Crippen molar-refractivity contribution in [3.8, 4) is 0 Å². The fraction of sp³-hybridized carbons (Fsp3) is 0.438. The molecular weight excluding hydrogens is 284 g/mol. The number of benzene rings is 1. The summed E-state index contributed by atoms with van der Waals surface area (Å²) >= 11 is 5.14. The Morgan fingerprint density at radius 2 is 1.86 bits per heavy atom. The number of amides is 2. The van der Waals surface area contributed by atoms with Crippen LogP contribution in [0.5, 0.6) is 0 Å². The number of para-hydroxylation sites is 1. The number of hydrogen-bond donors (Lipinski definition) is 1. The van der Waals surface area contributed by atoms with Crippen LogP contribution < -0.4 is 10.2 Å². The number of anilines is 1. The Kier molecular flexibility index (Phi) is 5.44. The Labute approximate surface area is 130 Å². The molecule has 0 saturated carbocycles. The van der Waals surface area contributed by atoms with E-state index in [-0.39, 0.29) is 16.9 Å². The number of unbranched alkanes of at least 4 members (excludes halogenated alkanes) is 3. The molecule has 0 unspecified atom stereocenters. The third kappa shape index (κ3) is 3.67. The van der Waals surface area contributed by atoms with Crippen molar-refractivity contribution in [2.24, 2.45) is 5.92 Å². The van der Waals surface area contributed by atoms with Crippen molar-refractivity contribution in [2.45, 2.75) is 39.0 Å². The first kappa shape index (κ1) is 15.6. The molecular formula is C16H20N2O2S. The second-order valence-corrected chi connectivity index (χ2v) is 5.59. The maximum atomic E-state index is 12.6. The Bertz CT molecular complexity index is 530. The van der Waals surface area contributed by atoms with Gasteiger partial charge in [0.25, 0.3) is 0 Å². The molecule has 0 bridgehead atoms. The average Bonchev–Trinajstić information content (AvgIpc) is 2.47. The molecule has 1 aromatic rings. The normalized spacial score (nSPS) is 18.8. The minimum absolute atomic E-state index is 0.168. The number of carbonyl (C=O) groups is 2. The van der Waals surface area contributed by atoms with Crippen molar-refractivity contribution >= 4 is 34.8 Å². The van der Waals surface area contributed by atoms with Crippen LogP contribution in [0.2, 0.25) is 0 Å². The zero-order chi connectivity index (χ0) is 15.2. The summed E-state index contributed by atoms with van der Waals surface area (Å²) in [5.74, 6) is -1.12. The zero-order valence-electron chi connectivity index (χ0n) is 12.2. The summed E-state index contributed by atoms with van der Waals surface area (Å²) in [7, 11) is 0. The van der Waals surface area contributed by atoms with Crippen molar-refractivity contribution < 1.29 is 9.59 Å². The number of nitrogens with one attached hydrogen (secondary N) is 1. The topological polar surface area (TPSA) is 49.4 Å². The van der Waals surface area contributed by atoms with E-state index >= 15 is 0 Å². The fourth-order valence-electron chi connectivity index (χ4n) is 2.47. The third-order valence-corrected chi connectivity index (χ3v) is 3.91. The van der Waals surface area contributed by atoms with Gasteiger partial charge in [-0.25, -0.2) is 0 Å². The molecule has 21 heavy (non-hydrogen) atoms. The molecule has 0 aromatic heterocycles. The summed E-state index contributed by atoms with van der Waals surface area (Å²) in [6.07, 6.45) is 4.77. The van der Waals surface area contributed by atoms with E-state index < -0.39 is 5.92 Å². The number of hydrogen-bond acceptors (Lipinski definition) is 3. The van der Waals surface area contributed by atoms with Crippen LogP contribution in [-0.2, 0) is 9.59 Å². The predicted molar refractivity (Wildman–Crippen MR) is 86.9 cm³/mol. The lowest BCUT2D eigenvalue weighted by atomic mass is 9.96. The van der Waals surface area contributed by atoms with Crippen molar-refractivity contribution in [3.63, 3.8) is 0 Å². The van der Waals surface area contributed by atoms with Crippen molar-refractivity contribution in [3.05, 3.63) is 30.3 Å². The second-order valence-electron chi connectivity index (χ2n) is 5.21. The van der Waals surface area contributed by atoms with Gasteiger partial charge in [-0.3, -0.25) is 14.5 Å².